The summed E-state index contributed by atoms with van der Waals surface area (Å²) in [5.41, 5.74) is 4.81. The molecule has 66 valence electrons. The molecule has 0 fully saturated rings. The van der Waals surface area contributed by atoms with E-state index in [4.69, 9.17) is 0 Å². The van der Waals surface area contributed by atoms with Gasteiger partial charge in [-0.1, -0.05) is 30.3 Å². The molecule has 1 heterocycles. The number of carbonyl (C=O) groups is 1. The Bertz CT molecular complexity index is 332. The molecule has 13 heavy (non-hydrogen) atoms. The number of benzene rings is 1. The van der Waals surface area contributed by atoms with Crippen molar-refractivity contribution in [2.45, 2.75) is 12.5 Å². The van der Waals surface area contributed by atoms with Gasteiger partial charge in [-0.25, -0.2) is 0 Å². The first-order chi connectivity index (χ1) is 6.40. The quantitative estimate of drug-likeness (QED) is 0.678. The fraction of sp³-hybridized carbons (Fsp3) is 0.200. The average Bonchev–Trinajstić information content (AvgIpc) is 2.67. The summed E-state index contributed by atoms with van der Waals surface area (Å²) in [5.74, 6) is 0. The maximum absolute atomic E-state index is 10.4. The minimum absolute atomic E-state index is 0.143. The molecule has 1 aliphatic heterocycles. The zero-order valence-electron chi connectivity index (χ0n) is 7.10. The van der Waals surface area contributed by atoms with E-state index in [0.29, 0.717) is 6.42 Å². The Morgan fingerprint density at radius 2 is 2.15 bits per heavy atom. The highest BCUT2D eigenvalue weighted by Gasteiger charge is 2.17. The van der Waals surface area contributed by atoms with Crippen molar-refractivity contribution >= 4 is 12.0 Å². The molecule has 3 nitrogen and oxygen atoms in total. The topological polar surface area (TPSA) is 41.5 Å². The van der Waals surface area contributed by atoms with Crippen molar-refractivity contribution in [3.63, 3.8) is 0 Å². The molecule has 0 radical (unpaired) electrons. The fourth-order valence-electron chi connectivity index (χ4n) is 1.35. The second kappa shape index (κ2) is 3.39. The molecule has 0 saturated carbocycles. The van der Waals surface area contributed by atoms with Gasteiger partial charge >= 0.3 is 0 Å². The Hall–Kier alpha value is -1.64. The molecule has 1 aliphatic rings. The number of hydrogen-bond acceptors (Lipinski definition) is 3. The SMILES string of the molecule is O=CC1CC(c2ccccc2)=NN1. The number of nitrogens with zero attached hydrogens (tertiary/aromatic N) is 1. The molecule has 0 bridgehead atoms. The molecule has 1 atom stereocenters. The third kappa shape index (κ3) is 1.59. The van der Waals surface area contributed by atoms with Gasteiger partial charge in [0.1, 0.15) is 12.3 Å². The number of aldehydes is 1. The third-order valence-electron chi connectivity index (χ3n) is 2.05. The lowest BCUT2D eigenvalue weighted by molar-refractivity contribution is -0.109. The first-order valence-electron chi connectivity index (χ1n) is 4.23. The van der Waals surface area contributed by atoms with Gasteiger partial charge in [-0.15, -0.1) is 0 Å². The van der Waals surface area contributed by atoms with Crippen LogP contribution in [0.2, 0.25) is 0 Å². The summed E-state index contributed by atoms with van der Waals surface area (Å²) in [7, 11) is 0. The number of carbonyl (C=O) groups excluding carboxylic acids is 1. The first-order valence-corrected chi connectivity index (χ1v) is 4.23. The van der Waals surface area contributed by atoms with Crippen LogP contribution in [-0.2, 0) is 4.79 Å². The van der Waals surface area contributed by atoms with E-state index in [2.05, 4.69) is 10.5 Å². The highest BCUT2D eigenvalue weighted by Crippen LogP contribution is 2.10. The Balaban J connectivity index is 2.17. The summed E-state index contributed by atoms with van der Waals surface area (Å²) in [6.45, 7) is 0. The van der Waals surface area contributed by atoms with Crippen molar-refractivity contribution in [2.75, 3.05) is 0 Å². The molecule has 0 spiro atoms. The van der Waals surface area contributed by atoms with Gasteiger partial charge in [0.2, 0.25) is 0 Å². The van der Waals surface area contributed by atoms with Gasteiger partial charge in [-0.3, -0.25) is 5.43 Å². The van der Waals surface area contributed by atoms with E-state index in [1.165, 1.54) is 0 Å². The highest BCUT2D eigenvalue weighted by atomic mass is 16.1. The van der Waals surface area contributed by atoms with E-state index in [1.54, 1.807) is 0 Å². The van der Waals surface area contributed by atoms with Gasteiger partial charge in [0.15, 0.2) is 0 Å². The molecule has 0 aromatic heterocycles. The Morgan fingerprint density at radius 1 is 1.38 bits per heavy atom. The minimum Gasteiger partial charge on any atom is -0.301 e. The lowest BCUT2D eigenvalue weighted by atomic mass is 10.1. The maximum Gasteiger partial charge on any atom is 0.144 e. The predicted molar refractivity (Wildman–Crippen MR) is 50.6 cm³/mol. The summed E-state index contributed by atoms with van der Waals surface area (Å²) in [4.78, 5) is 10.4. The van der Waals surface area contributed by atoms with Crippen molar-refractivity contribution in [2.24, 2.45) is 5.10 Å². The lowest BCUT2D eigenvalue weighted by Gasteiger charge is -1.98. The van der Waals surface area contributed by atoms with Crippen LogP contribution < -0.4 is 5.43 Å². The molecule has 1 aromatic rings. The van der Waals surface area contributed by atoms with Crippen LogP contribution in [0, 0.1) is 0 Å². The van der Waals surface area contributed by atoms with Gasteiger partial charge in [0.05, 0.1) is 5.71 Å². The zero-order valence-corrected chi connectivity index (χ0v) is 7.10. The van der Waals surface area contributed by atoms with Gasteiger partial charge < -0.3 is 4.79 Å². The largest absolute Gasteiger partial charge is 0.301 e. The van der Waals surface area contributed by atoms with Crippen LogP contribution in [0.3, 0.4) is 0 Å². The Labute approximate surface area is 76.5 Å². The van der Waals surface area contributed by atoms with E-state index < -0.39 is 0 Å². The molecule has 3 heteroatoms. The van der Waals surface area contributed by atoms with Crippen LogP contribution in [0.15, 0.2) is 35.4 Å². The molecular weight excluding hydrogens is 164 g/mol. The molecular formula is C10H10N2O. The van der Waals surface area contributed by atoms with Crippen LogP contribution in [0.5, 0.6) is 0 Å². The van der Waals surface area contributed by atoms with Crippen LogP contribution in [0.4, 0.5) is 0 Å². The number of hydrogen-bond donors (Lipinski definition) is 1. The molecule has 0 amide bonds. The van der Waals surface area contributed by atoms with E-state index in [9.17, 15) is 4.79 Å². The van der Waals surface area contributed by atoms with Crippen molar-refractivity contribution < 1.29 is 4.79 Å². The summed E-state index contributed by atoms with van der Waals surface area (Å²) in [6, 6.07) is 9.73. The predicted octanol–water partition coefficient (Wildman–Crippen LogP) is 0.952. The second-order valence-electron chi connectivity index (χ2n) is 3.00. The second-order valence-corrected chi connectivity index (χ2v) is 3.00. The van der Waals surface area contributed by atoms with E-state index in [1.807, 2.05) is 30.3 Å². The fourth-order valence-corrected chi connectivity index (χ4v) is 1.35. The lowest BCUT2D eigenvalue weighted by Crippen LogP contribution is -2.20. The van der Waals surface area contributed by atoms with E-state index in [0.717, 1.165) is 17.6 Å². The average molecular weight is 174 g/mol. The summed E-state index contributed by atoms with van der Waals surface area (Å²) in [6.07, 6.45) is 1.58. The molecule has 0 aliphatic carbocycles. The summed E-state index contributed by atoms with van der Waals surface area (Å²) >= 11 is 0. The van der Waals surface area contributed by atoms with E-state index in [-0.39, 0.29) is 6.04 Å². The number of nitrogens with one attached hydrogen (secondary N) is 1. The van der Waals surface area contributed by atoms with Crippen LogP contribution in [0.25, 0.3) is 0 Å². The van der Waals surface area contributed by atoms with Crippen molar-refractivity contribution in [1.29, 1.82) is 0 Å². The summed E-state index contributed by atoms with van der Waals surface area (Å²) in [5, 5.41) is 4.09. The number of hydrazone groups is 1. The molecule has 2 rings (SSSR count). The van der Waals surface area contributed by atoms with Crippen molar-refractivity contribution in [3.05, 3.63) is 35.9 Å². The molecule has 0 saturated heterocycles. The van der Waals surface area contributed by atoms with Gasteiger partial charge in [0, 0.05) is 6.42 Å². The maximum atomic E-state index is 10.4. The van der Waals surface area contributed by atoms with Gasteiger partial charge in [-0.05, 0) is 5.56 Å². The molecule has 1 aromatic carbocycles. The molecule has 1 unspecified atom stereocenters. The van der Waals surface area contributed by atoms with Gasteiger partial charge in [0.25, 0.3) is 0 Å². The molecule has 1 N–H and O–H groups in total. The van der Waals surface area contributed by atoms with Crippen molar-refractivity contribution in [1.82, 2.24) is 5.43 Å². The van der Waals surface area contributed by atoms with Crippen LogP contribution >= 0.6 is 0 Å². The normalized spacial score (nSPS) is 20.6. The van der Waals surface area contributed by atoms with Gasteiger partial charge in [-0.2, -0.15) is 5.10 Å². The Kier molecular flexibility index (Phi) is 2.08. The monoisotopic (exact) mass is 174 g/mol. The van der Waals surface area contributed by atoms with Crippen LogP contribution in [0.1, 0.15) is 12.0 Å². The minimum atomic E-state index is -0.143. The standard InChI is InChI=1S/C10H10N2O/c13-7-9-6-10(12-11-9)8-4-2-1-3-5-8/h1-5,7,9,11H,6H2. The van der Waals surface area contributed by atoms with Crippen molar-refractivity contribution in [3.8, 4) is 0 Å². The van der Waals surface area contributed by atoms with Crippen LogP contribution in [-0.4, -0.2) is 18.0 Å². The first kappa shape index (κ1) is 7.98. The van der Waals surface area contributed by atoms with E-state index >= 15 is 0 Å². The summed E-state index contributed by atoms with van der Waals surface area (Å²) < 4.78 is 0. The smallest absolute Gasteiger partial charge is 0.144 e. The number of rotatable bonds is 2. The zero-order chi connectivity index (χ0) is 9.10. The highest BCUT2D eigenvalue weighted by molar-refractivity contribution is 6.03. The Morgan fingerprint density at radius 3 is 2.77 bits per heavy atom. The third-order valence-corrected chi connectivity index (χ3v) is 2.05.